The van der Waals surface area contributed by atoms with Crippen LogP contribution in [0, 0.1) is 20.8 Å². The number of sulfonamides is 2. The van der Waals surface area contributed by atoms with Gasteiger partial charge in [-0.25, -0.2) is 16.8 Å². The highest BCUT2D eigenvalue weighted by molar-refractivity contribution is 7.89. The first-order chi connectivity index (χ1) is 12.6. The Balaban J connectivity index is 1.77. The Bertz CT molecular complexity index is 1050. The summed E-state index contributed by atoms with van der Waals surface area (Å²) >= 11 is 0. The van der Waals surface area contributed by atoms with Crippen molar-refractivity contribution in [3.8, 4) is 0 Å². The van der Waals surface area contributed by atoms with Crippen LogP contribution < -0.4 is 0 Å². The minimum atomic E-state index is -3.63. The van der Waals surface area contributed by atoms with Crippen LogP contribution in [0.3, 0.4) is 0 Å². The van der Waals surface area contributed by atoms with Gasteiger partial charge in [-0.05, 0) is 61.7 Å². The summed E-state index contributed by atoms with van der Waals surface area (Å²) < 4.78 is 54.1. The van der Waals surface area contributed by atoms with E-state index < -0.39 is 20.0 Å². The Labute approximate surface area is 161 Å². The zero-order chi connectivity index (χ0) is 19.8. The van der Waals surface area contributed by atoms with Crippen LogP contribution in [-0.4, -0.2) is 51.6 Å². The minimum absolute atomic E-state index is 0.139. The lowest BCUT2D eigenvalue weighted by Crippen LogP contribution is -2.50. The molecule has 0 radical (unpaired) electrons. The number of piperazine rings is 1. The van der Waals surface area contributed by atoms with Crippen LogP contribution in [0.2, 0.25) is 0 Å². The molecule has 0 saturated carbocycles. The number of hydrogen-bond donors (Lipinski definition) is 0. The smallest absolute Gasteiger partial charge is 0.207 e. The molecule has 0 N–H and O–H groups in total. The van der Waals surface area contributed by atoms with E-state index in [4.69, 9.17) is 0 Å². The van der Waals surface area contributed by atoms with Gasteiger partial charge in [0.2, 0.25) is 20.0 Å². The third-order valence-corrected chi connectivity index (χ3v) is 8.73. The van der Waals surface area contributed by atoms with Crippen LogP contribution in [-0.2, 0) is 20.0 Å². The maximum Gasteiger partial charge on any atom is 0.243 e. The molecule has 0 aromatic heterocycles. The lowest BCUT2D eigenvalue weighted by Gasteiger charge is -2.33. The molecular formula is C19H24N2O4S2. The van der Waals surface area contributed by atoms with Gasteiger partial charge in [0.1, 0.15) is 0 Å². The molecule has 1 saturated heterocycles. The Hall–Kier alpha value is -1.74. The summed E-state index contributed by atoms with van der Waals surface area (Å²) in [5.74, 6) is 0. The van der Waals surface area contributed by atoms with Gasteiger partial charge in [0, 0.05) is 26.2 Å². The van der Waals surface area contributed by atoms with Crippen molar-refractivity contribution >= 4 is 20.0 Å². The van der Waals surface area contributed by atoms with Crippen LogP contribution in [0.15, 0.2) is 52.3 Å². The average Bonchev–Trinajstić information content (AvgIpc) is 2.64. The number of aryl methyl sites for hydroxylation is 3. The molecule has 1 aliphatic heterocycles. The molecule has 2 aromatic carbocycles. The van der Waals surface area contributed by atoms with Crippen LogP contribution in [0.25, 0.3) is 0 Å². The molecule has 27 heavy (non-hydrogen) atoms. The van der Waals surface area contributed by atoms with Crippen molar-refractivity contribution in [1.82, 2.24) is 8.61 Å². The van der Waals surface area contributed by atoms with E-state index in [1.54, 1.807) is 36.4 Å². The molecule has 0 atom stereocenters. The zero-order valence-electron chi connectivity index (χ0n) is 15.7. The molecule has 3 rings (SSSR count). The molecule has 1 fully saturated rings. The van der Waals surface area contributed by atoms with Gasteiger partial charge in [-0.2, -0.15) is 8.61 Å². The molecule has 8 heteroatoms. The monoisotopic (exact) mass is 408 g/mol. The zero-order valence-corrected chi connectivity index (χ0v) is 17.3. The maximum atomic E-state index is 12.9. The van der Waals surface area contributed by atoms with Crippen LogP contribution in [0.4, 0.5) is 0 Å². The first kappa shape index (κ1) is 20.0. The lowest BCUT2D eigenvalue weighted by atomic mass is 10.1. The van der Waals surface area contributed by atoms with Crippen molar-refractivity contribution in [2.45, 2.75) is 30.6 Å². The van der Waals surface area contributed by atoms with Crippen molar-refractivity contribution in [1.29, 1.82) is 0 Å². The molecule has 1 heterocycles. The molecule has 1 aliphatic rings. The van der Waals surface area contributed by atoms with Crippen LogP contribution in [0.5, 0.6) is 0 Å². The molecular weight excluding hydrogens is 384 g/mol. The Morgan fingerprint density at radius 3 is 1.67 bits per heavy atom. The normalized spacial score (nSPS) is 17.1. The first-order valence-corrected chi connectivity index (χ1v) is 11.6. The summed E-state index contributed by atoms with van der Waals surface area (Å²) in [5, 5.41) is 0. The highest BCUT2D eigenvalue weighted by Crippen LogP contribution is 2.23. The maximum absolute atomic E-state index is 12.9. The average molecular weight is 409 g/mol. The van der Waals surface area contributed by atoms with E-state index in [0.717, 1.165) is 16.7 Å². The van der Waals surface area contributed by atoms with Gasteiger partial charge < -0.3 is 0 Å². The molecule has 2 aromatic rings. The van der Waals surface area contributed by atoms with Crippen molar-refractivity contribution < 1.29 is 16.8 Å². The molecule has 0 amide bonds. The van der Waals surface area contributed by atoms with Crippen LogP contribution >= 0.6 is 0 Å². The molecule has 0 spiro atoms. The molecule has 6 nitrogen and oxygen atoms in total. The van der Waals surface area contributed by atoms with E-state index in [0.29, 0.717) is 0 Å². The van der Waals surface area contributed by atoms with E-state index in [9.17, 15) is 16.8 Å². The largest absolute Gasteiger partial charge is 0.243 e. The fourth-order valence-electron chi connectivity index (χ4n) is 3.10. The third-order valence-electron chi connectivity index (χ3n) is 4.94. The fraction of sp³-hybridized carbons (Fsp3) is 0.368. The van der Waals surface area contributed by atoms with E-state index >= 15 is 0 Å². The van der Waals surface area contributed by atoms with Gasteiger partial charge in [-0.15, -0.1) is 0 Å². The quantitative estimate of drug-likeness (QED) is 0.778. The number of hydrogen-bond acceptors (Lipinski definition) is 4. The van der Waals surface area contributed by atoms with E-state index in [-0.39, 0.29) is 36.0 Å². The summed E-state index contributed by atoms with van der Waals surface area (Å²) in [5.41, 5.74) is 2.81. The number of rotatable bonds is 4. The Morgan fingerprint density at radius 1 is 0.667 bits per heavy atom. The van der Waals surface area contributed by atoms with Gasteiger partial charge >= 0.3 is 0 Å². The molecule has 146 valence electrons. The van der Waals surface area contributed by atoms with Gasteiger partial charge in [-0.3, -0.25) is 0 Å². The van der Waals surface area contributed by atoms with Gasteiger partial charge in [0.25, 0.3) is 0 Å². The molecule has 0 unspecified atom stereocenters. The third kappa shape index (κ3) is 3.94. The second-order valence-corrected chi connectivity index (χ2v) is 10.7. The number of nitrogens with zero attached hydrogens (tertiary/aromatic N) is 2. The Kier molecular flexibility index (Phi) is 5.45. The van der Waals surface area contributed by atoms with Gasteiger partial charge in [0.15, 0.2) is 0 Å². The summed E-state index contributed by atoms with van der Waals surface area (Å²) in [6.45, 7) is 6.20. The first-order valence-electron chi connectivity index (χ1n) is 8.76. The number of benzene rings is 2. The summed E-state index contributed by atoms with van der Waals surface area (Å²) in [6.07, 6.45) is 0. The summed E-state index contributed by atoms with van der Waals surface area (Å²) in [4.78, 5) is 0.494. The highest BCUT2D eigenvalue weighted by Gasteiger charge is 2.33. The van der Waals surface area contributed by atoms with Gasteiger partial charge in [0.05, 0.1) is 9.79 Å². The van der Waals surface area contributed by atoms with E-state index in [1.165, 1.54) is 8.61 Å². The second kappa shape index (κ2) is 7.35. The minimum Gasteiger partial charge on any atom is -0.207 e. The summed E-state index contributed by atoms with van der Waals surface area (Å²) in [7, 11) is -7.25. The second-order valence-electron chi connectivity index (χ2n) is 6.87. The molecule has 0 aliphatic carbocycles. The molecule has 0 bridgehead atoms. The van der Waals surface area contributed by atoms with Crippen LogP contribution in [0.1, 0.15) is 16.7 Å². The van der Waals surface area contributed by atoms with E-state index in [2.05, 4.69) is 0 Å². The highest BCUT2D eigenvalue weighted by atomic mass is 32.2. The topological polar surface area (TPSA) is 74.8 Å². The SMILES string of the molecule is Cc1cccc(S(=O)(=O)N2CCN(S(=O)(=O)c3ccc(C)c(C)c3)CC2)c1. The summed E-state index contributed by atoms with van der Waals surface area (Å²) in [6, 6.07) is 11.8. The Morgan fingerprint density at radius 2 is 1.19 bits per heavy atom. The van der Waals surface area contributed by atoms with Crippen molar-refractivity contribution in [2.24, 2.45) is 0 Å². The van der Waals surface area contributed by atoms with Crippen molar-refractivity contribution in [3.05, 3.63) is 59.2 Å². The standard InChI is InChI=1S/C19H24N2O4S2/c1-15-5-4-6-18(13-15)26(22,23)20-9-11-21(12-10-20)27(24,25)19-8-7-16(2)17(3)14-19/h4-8,13-14H,9-12H2,1-3H3. The van der Waals surface area contributed by atoms with E-state index in [1.807, 2.05) is 26.8 Å². The van der Waals surface area contributed by atoms with Crippen molar-refractivity contribution in [2.75, 3.05) is 26.2 Å². The lowest BCUT2D eigenvalue weighted by molar-refractivity contribution is 0.273. The predicted octanol–water partition coefficient (Wildman–Crippen LogP) is 2.31. The van der Waals surface area contributed by atoms with Crippen molar-refractivity contribution in [3.63, 3.8) is 0 Å². The fourth-order valence-corrected chi connectivity index (χ4v) is 6.13. The van der Waals surface area contributed by atoms with Gasteiger partial charge in [-0.1, -0.05) is 18.2 Å². The predicted molar refractivity (Wildman–Crippen MR) is 105 cm³/mol.